The lowest BCUT2D eigenvalue weighted by Gasteiger charge is -2.15. The van der Waals surface area contributed by atoms with Gasteiger partial charge in [-0.05, 0) is 29.8 Å². The summed E-state index contributed by atoms with van der Waals surface area (Å²) in [7, 11) is 1.63. The predicted molar refractivity (Wildman–Crippen MR) is 75.8 cm³/mol. The van der Waals surface area contributed by atoms with Crippen molar-refractivity contribution in [2.24, 2.45) is 5.16 Å². The third kappa shape index (κ3) is 2.26. The van der Waals surface area contributed by atoms with E-state index in [1.807, 2.05) is 54.6 Å². The first-order chi connectivity index (χ1) is 9.79. The van der Waals surface area contributed by atoms with Crippen molar-refractivity contribution in [2.75, 3.05) is 7.11 Å². The van der Waals surface area contributed by atoms with Crippen LogP contribution in [0.15, 0.2) is 59.8 Å². The van der Waals surface area contributed by atoms with Crippen LogP contribution >= 0.6 is 0 Å². The Balaban J connectivity index is 1.95. The number of nitrogens with zero attached hydrogens (tertiary/aromatic N) is 1. The molecule has 1 N–H and O–H groups in total. The van der Waals surface area contributed by atoms with Gasteiger partial charge in [0.1, 0.15) is 11.5 Å². The number of aliphatic hydroxyl groups excluding tert-OH is 1. The Bertz CT molecular complexity index is 607. The average molecular weight is 269 g/mol. The normalized spacial score (nSPS) is 21.2. The summed E-state index contributed by atoms with van der Waals surface area (Å²) in [5, 5.41) is 14.0. The van der Waals surface area contributed by atoms with Crippen LogP contribution in [0.3, 0.4) is 0 Å². The maximum atomic E-state index is 10.0. The van der Waals surface area contributed by atoms with Crippen LogP contribution in [0.5, 0.6) is 5.75 Å². The summed E-state index contributed by atoms with van der Waals surface area (Å²) in [5.74, 6) is 0.509. The maximum absolute atomic E-state index is 10.0. The molecule has 2 aromatic carbocycles. The molecular weight excluding hydrogens is 254 g/mol. The van der Waals surface area contributed by atoms with E-state index in [-0.39, 0.29) is 5.92 Å². The van der Waals surface area contributed by atoms with E-state index in [1.54, 1.807) is 7.11 Å². The van der Waals surface area contributed by atoms with Gasteiger partial charge >= 0.3 is 0 Å². The number of oxime groups is 1. The minimum Gasteiger partial charge on any atom is -0.497 e. The second kappa shape index (κ2) is 5.35. The summed E-state index contributed by atoms with van der Waals surface area (Å²) < 4.78 is 5.14. The zero-order valence-electron chi connectivity index (χ0n) is 11.1. The molecule has 20 heavy (non-hydrogen) atoms. The molecule has 2 atom stereocenters. The average Bonchev–Trinajstić information content (AvgIpc) is 2.90. The van der Waals surface area contributed by atoms with Gasteiger partial charge in [-0.1, -0.05) is 35.5 Å². The molecule has 0 saturated heterocycles. The van der Waals surface area contributed by atoms with Crippen LogP contribution in [0.25, 0.3) is 0 Å². The van der Waals surface area contributed by atoms with E-state index < -0.39 is 6.29 Å². The molecule has 2 unspecified atom stereocenters. The third-order valence-corrected chi connectivity index (χ3v) is 3.38. The molecule has 4 heteroatoms. The quantitative estimate of drug-likeness (QED) is 0.931. The highest BCUT2D eigenvalue weighted by Crippen LogP contribution is 2.31. The fraction of sp³-hybridized carbons (Fsp3) is 0.188. The zero-order valence-corrected chi connectivity index (χ0v) is 11.1. The molecule has 2 aromatic rings. The minimum atomic E-state index is -0.950. The smallest absolute Gasteiger partial charge is 0.237 e. The van der Waals surface area contributed by atoms with Crippen molar-refractivity contribution in [3.8, 4) is 5.75 Å². The van der Waals surface area contributed by atoms with Crippen molar-refractivity contribution in [3.63, 3.8) is 0 Å². The van der Waals surface area contributed by atoms with Crippen molar-refractivity contribution in [1.82, 2.24) is 0 Å². The maximum Gasteiger partial charge on any atom is 0.237 e. The number of benzene rings is 2. The molecule has 102 valence electrons. The van der Waals surface area contributed by atoms with Gasteiger partial charge in [-0.15, -0.1) is 0 Å². The predicted octanol–water partition coefficient (Wildman–Crippen LogP) is 2.53. The Morgan fingerprint density at radius 1 is 1.05 bits per heavy atom. The standard InChI is InChI=1S/C16H15NO3/c1-19-13-9-7-12(8-10-13)15-14(16(18)20-17-15)11-5-3-2-4-6-11/h2-10,14,16,18H,1H3. The molecule has 3 rings (SSSR count). The largest absolute Gasteiger partial charge is 0.497 e. The lowest BCUT2D eigenvalue weighted by molar-refractivity contribution is -0.0853. The van der Waals surface area contributed by atoms with Gasteiger partial charge in [0, 0.05) is 5.56 Å². The molecule has 0 amide bonds. The number of hydrogen-bond donors (Lipinski definition) is 1. The topological polar surface area (TPSA) is 51.0 Å². The second-order valence-electron chi connectivity index (χ2n) is 4.59. The molecule has 0 aliphatic carbocycles. The highest BCUT2D eigenvalue weighted by atomic mass is 16.7. The Kier molecular flexibility index (Phi) is 3.39. The summed E-state index contributed by atoms with van der Waals surface area (Å²) in [6.45, 7) is 0. The number of hydrogen-bond acceptors (Lipinski definition) is 4. The summed E-state index contributed by atoms with van der Waals surface area (Å²) >= 11 is 0. The first-order valence-electron chi connectivity index (χ1n) is 6.41. The zero-order chi connectivity index (χ0) is 13.9. The molecule has 0 spiro atoms. The van der Waals surface area contributed by atoms with Crippen LogP contribution in [0.1, 0.15) is 17.0 Å². The van der Waals surface area contributed by atoms with Crippen molar-refractivity contribution in [3.05, 3.63) is 65.7 Å². The number of rotatable bonds is 3. The summed E-state index contributed by atoms with van der Waals surface area (Å²) in [4.78, 5) is 5.06. The van der Waals surface area contributed by atoms with Gasteiger partial charge in [0.2, 0.25) is 6.29 Å². The Morgan fingerprint density at radius 3 is 2.40 bits per heavy atom. The van der Waals surface area contributed by atoms with Gasteiger partial charge in [0.15, 0.2) is 0 Å². The molecule has 0 aromatic heterocycles. The van der Waals surface area contributed by atoms with E-state index in [0.717, 1.165) is 22.6 Å². The minimum absolute atomic E-state index is 0.274. The lowest BCUT2D eigenvalue weighted by Crippen LogP contribution is -2.21. The van der Waals surface area contributed by atoms with Gasteiger partial charge in [0.25, 0.3) is 0 Å². The van der Waals surface area contributed by atoms with Crippen LogP contribution in [-0.2, 0) is 4.84 Å². The van der Waals surface area contributed by atoms with Crippen molar-refractivity contribution in [1.29, 1.82) is 0 Å². The van der Waals surface area contributed by atoms with E-state index in [2.05, 4.69) is 5.16 Å². The van der Waals surface area contributed by atoms with Crippen LogP contribution in [0.4, 0.5) is 0 Å². The highest BCUT2D eigenvalue weighted by molar-refractivity contribution is 6.06. The SMILES string of the molecule is COc1ccc(C2=NOC(O)C2c2ccccc2)cc1. The fourth-order valence-electron chi connectivity index (χ4n) is 2.34. The molecule has 4 nitrogen and oxygen atoms in total. The molecule has 1 heterocycles. The first-order valence-corrected chi connectivity index (χ1v) is 6.41. The molecule has 1 aliphatic rings. The Hall–Kier alpha value is -2.33. The van der Waals surface area contributed by atoms with E-state index in [0.29, 0.717) is 0 Å². The van der Waals surface area contributed by atoms with Gasteiger partial charge < -0.3 is 14.7 Å². The van der Waals surface area contributed by atoms with Crippen molar-refractivity contribution < 1.29 is 14.7 Å². The fourth-order valence-corrected chi connectivity index (χ4v) is 2.34. The summed E-state index contributed by atoms with van der Waals surface area (Å²) in [6.07, 6.45) is -0.950. The van der Waals surface area contributed by atoms with E-state index >= 15 is 0 Å². The summed E-state index contributed by atoms with van der Waals surface area (Å²) in [6, 6.07) is 17.3. The Morgan fingerprint density at radius 2 is 1.75 bits per heavy atom. The monoisotopic (exact) mass is 269 g/mol. The van der Waals surface area contributed by atoms with Gasteiger partial charge in [-0.25, -0.2) is 0 Å². The third-order valence-electron chi connectivity index (χ3n) is 3.38. The number of methoxy groups -OCH3 is 1. The summed E-state index contributed by atoms with van der Waals surface area (Å²) in [5.41, 5.74) is 2.62. The molecule has 0 saturated carbocycles. The van der Waals surface area contributed by atoms with E-state index in [4.69, 9.17) is 9.57 Å². The number of ether oxygens (including phenoxy) is 1. The van der Waals surface area contributed by atoms with Crippen LogP contribution in [0, 0.1) is 0 Å². The Labute approximate surface area is 117 Å². The first kappa shape index (κ1) is 12.7. The molecule has 0 radical (unpaired) electrons. The highest BCUT2D eigenvalue weighted by Gasteiger charge is 2.34. The lowest BCUT2D eigenvalue weighted by atomic mass is 9.90. The van der Waals surface area contributed by atoms with Crippen LogP contribution < -0.4 is 4.74 Å². The molecule has 1 aliphatic heterocycles. The van der Waals surface area contributed by atoms with Crippen molar-refractivity contribution >= 4 is 5.71 Å². The van der Waals surface area contributed by atoms with Gasteiger partial charge in [-0.3, -0.25) is 0 Å². The van der Waals surface area contributed by atoms with Crippen LogP contribution in [0.2, 0.25) is 0 Å². The van der Waals surface area contributed by atoms with E-state index in [9.17, 15) is 5.11 Å². The van der Waals surface area contributed by atoms with E-state index in [1.165, 1.54) is 0 Å². The molecule has 0 bridgehead atoms. The van der Waals surface area contributed by atoms with Gasteiger partial charge in [0.05, 0.1) is 13.0 Å². The molecular formula is C16H15NO3. The van der Waals surface area contributed by atoms with Crippen LogP contribution in [-0.4, -0.2) is 24.2 Å². The number of aliphatic hydroxyl groups is 1. The van der Waals surface area contributed by atoms with Gasteiger partial charge in [-0.2, -0.15) is 0 Å². The van der Waals surface area contributed by atoms with Crippen molar-refractivity contribution in [2.45, 2.75) is 12.2 Å². The molecule has 0 fully saturated rings. The second-order valence-corrected chi connectivity index (χ2v) is 4.59.